The van der Waals surface area contributed by atoms with Gasteiger partial charge in [-0.25, -0.2) is 4.57 Å². The van der Waals surface area contributed by atoms with Gasteiger partial charge in [0, 0.05) is 25.0 Å². The molecule has 0 saturated heterocycles. The fourth-order valence-corrected chi connectivity index (χ4v) is 2.27. The molecular weight excluding hydrogens is 267 g/mol. The Balaban J connectivity index is 2.44. The van der Waals surface area contributed by atoms with Crippen LogP contribution in [0.1, 0.15) is 6.93 Å². The fourth-order valence-electron chi connectivity index (χ4n) is 1.87. The zero-order valence-corrected chi connectivity index (χ0v) is 11.6. The molecule has 0 bridgehead atoms. The van der Waals surface area contributed by atoms with Gasteiger partial charge in [-0.15, -0.1) is 0 Å². The lowest BCUT2D eigenvalue weighted by Gasteiger charge is -2.11. The van der Waals surface area contributed by atoms with E-state index in [1.54, 1.807) is 37.3 Å². The lowest BCUT2D eigenvalue weighted by atomic mass is 10.1. The van der Waals surface area contributed by atoms with Crippen molar-refractivity contribution in [2.75, 3.05) is 20.6 Å². The molecule has 1 unspecified atom stereocenters. The summed E-state index contributed by atoms with van der Waals surface area (Å²) in [4.78, 5) is 22.7. The van der Waals surface area contributed by atoms with Gasteiger partial charge >= 0.3 is 7.82 Å². The SMILES string of the molecule is [2H]C(Cc1c[nH]c2cccc(OP(=O)(O)O)c12)N(C)C. The molecule has 0 aliphatic heterocycles. The number of phosphoric ester groups is 1. The highest BCUT2D eigenvalue weighted by Crippen LogP contribution is 2.41. The van der Waals surface area contributed by atoms with E-state index in [1.807, 2.05) is 0 Å². The molecular formula is C12H17N2O4P. The third-order valence-electron chi connectivity index (χ3n) is 2.64. The standard InChI is InChI=1S/C12H17N2O4P/c1-14(2)7-6-9-8-13-10-4-3-5-11(12(9)10)18-19(15,16)17/h3-5,8,13H,6-7H2,1-2H3,(H2,15,16,17)/i7D. The molecule has 0 spiro atoms. The summed E-state index contributed by atoms with van der Waals surface area (Å²) in [7, 11) is -1.00. The van der Waals surface area contributed by atoms with Gasteiger partial charge in [0.2, 0.25) is 0 Å². The first-order valence-electron chi connectivity index (χ1n) is 6.28. The van der Waals surface area contributed by atoms with Gasteiger partial charge in [-0.05, 0) is 38.2 Å². The van der Waals surface area contributed by atoms with Gasteiger partial charge in [-0.2, -0.15) is 0 Å². The molecule has 3 N–H and O–H groups in total. The van der Waals surface area contributed by atoms with Crippen molar-refractivity contribution in [3.63, 3.8) is 0 Å². The van der Waals surface area contributed by atoms with Crippen molar-refractivity contribution in [2.45, 2.75) is 6.42 Å². The van der Waals surface area contributed by atoms with Crippen LogP contribution in [0.2, 0.25) is 0 Å². The van der Waals surface area contributed by atoms with Gasteiger partial charge in [0.25, 0.3) is 0 Å². The molecule has 6 nitrogen and oxygen atoms in total. The molecule has 1 aromatic heterocycles. The normalized spacial score (nSPS) is 14.7. The summed E-state index contributed by atoms with van der Waals surface area (Å²) in [6.07, 6.45) is 2.16. The minimum Gasteiger partial charge on any atom is -0.404 e. The van der Waals surface area contributed by atoms with E-state index in [2.05, 4.69) is 4.98 Å². The molecule has 1 heterocycles. The number of likely N-dealkylation sites (N-methyl/N-ethyl adjacent to an activating group) is 1. The van der Waals surface area contributed by atoms with Gasteiger partial charge < -0.3 is 14.4 Å². The smallest absolute Gasteiger partial charge is 0.404 e. The number of hydrogen-bond acceptors (Lipinski definition) is 3. The van der Waals surface area contributed by atoms with Crippen molar-refractivity contribution >= 4 is 18.7 Å². The number of phosphoric acid groups is 1. The van der Waals surface area contributed by atoms with Crippen LogP contribution in [0.25, 0.3) is 10.9 Å². The van der Waals surface area contributed by atoms with Crippen molar-refractivity contribution in [1.29, 1.82) is 0 Å². The number of nitrogens with zero attached hydrogens (tertiary/aromatic N) is 1. The van der Waals surface area contributed by atoms with E-state index >= 15 is 0 Å². The predicted molar refractivity (Wildman–Crippen MR) is 73.2 cm³/mol. The number of aromatic nitrogens is 1. The Morgan fingerprint density at radius 1 is 1.47 bits per heavy atom. The second kappa shape index (κ2) is 5.35. The summed E-state index contributed by atoms with van der Waals surface area (Å²) in [6, 6.07) is 4.95. The largest absolute Gasteiger partial charge is 0.524 e. The van der Waals surface area contributed by atoms with Crippen molar-refractivity contribution in [3.8, 4) is 5.75 Å². The van der Waals surface area contributed by atoms with Crippen LogP contribution in [0, 0.1) is 0 Å². The maximum atomic E-state index is 11.0. The molecule has 0 radical (unpaired) electrons. The van der Waals surface area contributed by atoms with Crippen LogP contribution in [0.3, 0.4) is 0 Å². The van der Waals surface area contributed by atoms with Crippen LogP contribution in [0.4, 0.5) is 0 Å². The fraction of sp³-hybridized carbons (Fsp3) is 0.333. The number of hydrogen-bond donors (Lipinski definition) is 3. The molecule has 0 fully saturated rings. The van der Waals surface area contributed by atoms with Crippen LogP contribution < -0.4 is 4.52 Å². The molecule has 0 amide bonds. The van der Waals surface area contributed by atoms with Crippen molar-refractivity contribution in [2.24, 2.45) is 0 Å². The lowest BCUT2D eigenvalue weighted by molar-refractivity contribution is 0.284. The maximum absolute atomic E-state index is 11.0. The summed E-state index contributed by atoms with van der Waals surface area (Å²) < 4.78 is 23.7. The quantitative estimate of drug-likeness (QED) is 0.729. The number of aryl methyl sites for hydroxylation is 1. The first-order chi connectivity index (χ1) is 9.28. The van der Waals surface area contributed by atoms with E-state index < -0.39 is 14.3 Å². The Morgan fingerprint density at radius 3 is 2.84 bits per heavy atom. The van der Waals surface area contributed by atoms with E-state index in [0.717, 1.165) is 11.1 Å². The second-order valence-corrected chi connectivity index (χ2v) is 5.59. The first-order valence-corrected chi connectivity index (χ1v) is 7.24. The predicted octanol–water partition coefficient (Wildman–Crippen LogP) is 1.74. The number of H-pyrrole nitrogens is 1. The Morgan fingerprint density at radius 2 is 2.21 bits per heavy atom. The minimum atomic E-state index is -4.61. The highest BCUT2D eigenvalue weighted by molar-refractivity contribution is 7.46. The first kappa shape index (κ1) is 12.7. The van der Waals surface area contributed by atoms with Crippen LogP contribution in [0.15, 0.2) is 24.4 Å². The number of nitrogens with one attached hydrogen (secondary N) is 1. The van der Waals surface area contributed by atoms with Crippen molar-refractivity contribution in [3.05, 3.63) is 30.0 Å². The van der Waals surface area contributed by atoms with E-state index in [1.165, 1.54) is 6.07 Å². The van der Waals surface area contributed by atoms with E-state index in [-0.39, 0.29) is 5.75 Å². The van der Waals surface area contributed by atoms with Gasteiger partial charge in [0.05, 0.1) is 0 Å². The molecule has 104 valence electrons. The number of rotatable bonds is 5. The average molecular weight is 285 g/mol. The average Bonchev–Trinajstić information content (AvgIpc) is 2.71. The monoisotopic (exact) mass is 285 g/mol. The molecule has 2 rings (SSSR count). The van der Waals surface area contributed by atoms with Gasteiger partial charge in [-0.3, -0.25) is 9.79 Å². The Hall–Kier alpha value is -1.33. The van der Waals surface area contributed by atoms with Crippen LogP contribution in [-0.4, -0.2) is 40.3 Å². The van der Waals surface area contributed by atoms with Crippen LogP contribution in [-0.2, 0) is 11.0 Å². The molecule has 0 aliphatic carbocycles. The molecule has 7 heteroatoms. The Labute approximate surface area is 112 Å². The Bertz CT molecular complexity index is 652. The zero-order valence-electron chi connectivity index (χ0n) is 11.7. The van der Waals surface area contributed by atoms with Crippen molar-refractivity contribution in [1.82, 2.24) is 9.88 Å². The molecule has 19 heavy (non-hydrogen) atoms. The van der Waals surface area contributed by atoms with E-state index in [4.69, 9.17) is 15.7 Å². The van der Waals surface area contributed by atoms with Crippen molar-refractivity contribution < 1.29 is 20.2 Å². The lowest BCUT2D eigenvalue weighted by Crippen LogP contribution is -2.14. The number of fused-ring (bicyclic) bond motifs is 1. The third-order valence-corrected chi connectivity index (χ3v) is 3.08. The topological polar surface area (TPSA) is 85.8 Å². The summed E-state index contributed by atoms with van der Waals surface area (Å²) in [5.41, 5.74) is 1.51. The van der Waals surface area contributed by atoms with Crippen LogP contribution >= 0.6 is 7.82 Å². The summed E-state index contributed by atoms with van der Waals surface area (Å²) in [5.74, 6) is 0.123. The van der Waals surface area contributed by atoms with E-state index in [9.17, 15) is 4.57 Å². The van der Waals surface area contributed by atoms with Crippen LogP contribution in [0.5, 0.6) is 5.75 Å². The number of aromatic amines is 1. The van der Waals surface area contributed by atoms with Gasteiger partial charge in [0.1, 0.15) is 5.75 Å². The molecule has 2 aromatic rings. The summed E-state index contributed by atoms with van der Waals surface area (Å²) in [5, 5.41) is 0.606. The summed E-state index contributed by atoms with van der Waals surface area (Å²) in [6.45, 7) is -0.447. The number of benzene rings is 1. The van der Waals surface area contributed by atoms with Gasteiger partial charge in [0.15, 0.2) is 0 Å². The third kappa shape index (κ3) is 3.58. The minimum absolute atomic E-state index is 0.123. The maximum Gasteiger partial charge on any atom is 0.524 e. The molecule has 1 atom stereocenters. The molecule has 0 saturated carbocycles. The highest BCUT2D eigenvalue weighted by atomic mass is 31.2. The molecule has 1 aromatic carbocycles. The second-order valence-electron chi connectivity index (χ2n) is 4.42. The molecule has 0 aliphatic rings. The zero-order chi connectivity index (χ0) is 14.9. The van der Waals surface area contributed by atoms with E-state index in [0.29, 0.717) is 11.8 Å². The van der Waals surface area contributed by atoms with Gasteiger partial charge in [-0.1, -0.05) is 6.07 Å². The summed E-state index contributed by atoms with van der Waals surface area (Å²) >= 11 is 0. The Kier molecular flexibility index (Phi) is 3.57. The highest BCUT2D eigenvalue weighted by Gasteiger charge is 2.19.